The third-order valence-electron chi connectivity index (χ3n) is 2.52. The zero-order valence-electron chi connectivity index (χ0n) is 9.66. The van der Waals surface area contributed by atoms with Crippen molar-refractivity contribution in [2.45, 2.75) is 39.2 Å². The fourth-order valence-electron chi connectivity index (χ4n) is 1.59. The Hall–Kier alpha value is -1.02. The van der Waals surface area contributed by atoms with Crippen LogP contribution in [0, 0.1) is 0 Å². The average Bonchev–Trinajstić information content (AvgIpc) is 2.23. The molecule has 0 aliphatic rings. The van der Waals surface area contributed by atoms with Gasteiger partial charge >= 0.3 is 0 Å². The molecule has 0 spiro atoms. The number of nitrogens with one attached hydrogen (secondary N) is 1. The van der Waals surface area contributed by atoms with E-state index in [9.17, 15) is 5.11 Å². The van der Waals surface area contributed by atoms with E-state index in [1.165, 1.54) is 12.0 Å². The maximum absolute atomic E-state index is 9.30. The summed E-state index contributed by atoms with van der Waals surface area (Å²) in [5.74, 6) is 0.363. The molecular weight excluding hydrogens is 186 g/mol. The van der Waals surface area contributed by atoms with Crippen LogP contribution >= 0.6 is 0 Å². The number of hydrogen-bond donors (Lipinski definition) is 2. The largest absolute Gasteiger partial charge is 0.508 e. The molecule has 1 aromatic carbocycles. The predicted molar refractivity (Wildman–Crippen MR) is 64.2 cm³/mol. The van der Waals surface area contributed by atoms with Crippen molar-refractivity contribution in [2.75, 3.05) is 6.54 Å². The molecule has 1 unspecified atom stereocenters. The van der Waals surface area contributed by atoms with Gasteiger partial charge in [-0.15, -0.1) is 0 Å². The summed E-state index contributed by atoms with van der Waals surface area (Å²) in [5, 5.41) is 12.8. The van der Waals surface area contributed by atoms with Crippen molar-refractivity contribution in [3.63, 3.8) is 0 Å². The van der Waals surface area contributed by atoms with E-state index in [1.54, 1.807) is 6.07 Å². The van der Waals surface area contributed by atoms with E-state index in [2.05, 4.69) is 25.2 Å². The van der Waals surface area contributed by atoms with Gasteiger partial charge in [0.2, 0.25) is 0 Å². The normalized spacial score (nSPS) is 12.7. The molecule has 0 heterocycles. The van der Waals surface area contributed by atoms with Crippen LogP contribution in [-0.2, 0) is 6.42 Å². The first-order valence-electron chi connectivity index (χ1n) is 5.73. The monoisotopic (exact) mass is 207 g/mol. The van der Waals surface area contributed by atoms with Crippen LogP contribution in [0.15, 0.2) is 24.3 Å². The minimum atomic E-state index is 0.363. The van der Waals surface area contributed by atoms with Crippen molar-refractivity contribution in [2.24, 2.45) is 0 Å². The summed E-state index contributed by atoms with van der Waals surface area (Å²) < 4.78 is 0. The van der Waals surface area contributed by atoms with E-state index in [4.69, 9.17) is 0 Å². The Morgan fingerprint density at radius 1 is 1.40 bits per heavy atom. The summed E-state index contributed by atoms with van der Waals surface area (Å²) in [6, 6.07) is 8.06. The average molecular weight is 207 g/mol. The third kappa shape index (κ3) is 4.84. The molecule has 0 aliphatic carbocycles. The van der Waals surface area contributed by atoms with Crippen molar-refractivity contribution in [3.8, 4) is 5.75 Å². The van der Waals surface area contributed by atoms with Crippen LogP contribution in [0.5, 0.6) is 5.75 Å². The zero-order valence-corrected chi connectivity index (χ0v) is 9.66. The molecule has 0 amide bonds. The van der Waals surface area contributed by atoms with Crippen LogP contribution in [0.1, 0.15) is 32.3 Å². The molecule has 2 nitrogen and oxygen atoms in total. The lowest BCUT2D eigenvalue weighted by Gasteiger charge is -2.12. The molecular formula is C13H21NO. The minimum Gasteiger partial charge on any atom is -0.508 e. The van der Waals surface area contributed by atoms with Gasteiger partial charge in [-0.1, -0.05) is 19.1 Å². The summed E-state index contributed by atoms with van der Waals surface area (Å²) in [6.45, 7) is 5.47. The Balaban J connectivity index is 2.30. The molecule has 0 aliphatic heterocycles. The number of benzene rings is 1. The van der Waals surface area contributed by atoms with Gasteiger partial charge in [-0.3, -0.25) is 0 Å². The number of rotatable bonds is 6. The lowest BCUT2D eigenvalue weighted by atomic mass is 10.1. The summed E-state index contributed by atoms with van der Waals surface area (Å²) >= 11 is 0. The van der Waals surface area contributed by atoms with E-state index in [1.807, 2.05) is 12.1 Å². The van der Waals surface area contributed by atoms with Gasteiger partial charge in [0.1, 0.15) is 5.75 Å². The van der Waals surface area contributed by atoms with Gasteiger partial charge in [0.25, 0.3) is 0 Å². The van der Waals surface area contributed by atoms with Crippen molar-refractivity contribution in [3.05, 3.63) is 29.8 Å². The van der Waals surface area contributed by atoms with Crippen LogP contribution in [0.3, 0.4) is 0 Å². The van der Waals surface area contributed by atoms with Crippen LogP contribution in [-0.4, -0.2) is 17.7 Å². The van der Waals surface area contributed by atoms with Gasteiger partial charge < -0.3 is 10.4 Å². The van der Waals surface area contributed by atoms with Gasteiger partial charge in [0.05, 0.1) is 0 Å². The summed E-state index contributed by atoms with van der Waals surface area (Å²) in [5.41, 5.74) is 1.21. The Labute approximate surface area is 92.3 Å². The van der Waals surface area contributed by atoms with E-state index < -0.39 is 0 Å². The van der Waals surface area contributed by atoms with Gasteiger partial charge in [-0.25, -0.2) is 0 Å². The molecule has 84 valence electrons. The Kier molecular flexibility index (Phi) is 5.19. The number of phenols is 1. The van der Waals surface area contributed by atoms with E-state index >= 15 is 0 Å². The van der Waals surface area contributed by atoms with Gasteiger partial charge in [0, 0.05) is 6.04 Å². The fraction of sp³-hybridized carbons (Fsp3) is 0.538. The molecule has 0 fully saturated rings. The van der Waals surface area contributed by atoms with Crippen LogP contribution in [0.2, 0.25) is 0 Å². The number of aromatic hydroxyl groups is 1. The maximum atomic E-state index is 9.30. The fourth-order valence-corrected chi connectivity index (χ4v) is 1.59. The quantitative estimate of drug-likeness (QED) is 0.751. The van der Waals surface area contributed by atoms with Crippen LogP contribution in [0.25, 0.3) is 0 Å². The summed E-state index contributed by atoms with van der Waals surface area (Å²) in [7, 11) is 0. The first-order valence-corrected chi connectivity index (χ1v) is 5.73. The van der Waals surface area contributed by atoms with Crippen molar-refractivity contribution < 1.29 is 5.11 Å². The van der Waals surface area contributed by atoms with E-state index in [0.29, 0.717) is 11.8 Å². The minimum absolute atomic E-state index is 0.363. The predicted octanol–water partition coefficient (Wildman–Crippen LogP) is 2.71. The molecule has 0 saturated carbocycles. The van der Waals surface area contributed by atoms with Gasteiger partial charge in [-0.2, -0.15) is 0 Å². The van der Waals surface area contributed by atoms with Crippen molar-refractivity contribution >= 4 is 0 Å². The second kappa shape index (κ2) is 6.46. The molecule has 1 aromatic rings. The number of phenolic OH excluding ortho intramolecular Hbond substituents is 1. The second-order valence-electron chi connectivity index (χ2n) is 4.06. The Bertz CT molecular complexity index is 286. The lowest BCUT2D eigenvalue weighted by molar-refractivity contribution is 0.473. The molecule has 0 saturated heterocycles. The van der Waals surface area contributed by atoms with Gasteiger partial charge in [-0.05, 0) is 50.4 Å². The molecule has 15 heavy (non-hydrogen) atoms. The smallest absolute Gasteiger partial charge is 0.115 e. The van der Waals surface area contributed by atoms with Crippen molar-refractivity contribution in [1.29, 1.82) is 0 Å². The SMILES string of the molecule is CCCNC(C)CCc1cccc(O)c1. The molecule has 0 aromatic heterocycles. The molecule has 1 atom stereocenters. The molecule has 0 bridgehead atoms. The van der Waals surface area contributed by atoms with Crippen molar-refractivity contribution in [1.82, 2.24) is 5.32 Å². The molecule has 1 rings (SSSR count). The topological polar surface area (TPSA) is 32.3 Å². The molecule has 2 N–H and O–H groups in total. The molecule has 0 radical (unpaired) electrons. The number of aryl methyl sites for hydroxylation is 1. The highest BCUT2D eigenvalue weighted by Crippen LogP contribution is 2.13. The highest BCUT2D eigenvalue weighted by Gasteiger charge is 2.01. The van der Waals surface area contributed by atoms with Crippen LogP contribution in [0.4, 0.5) is 0 Å². The van der Waals surface area contributed by atoms with E-state index in [0.717, 1.165) is 19.4 Å². The molecule has 2 heteroatoms. The first kappa shape index (κ1) is 12.1. The summed E-state index contributed by atoms with van der Waals surface area (Å²) in [4.78, 5) is 0. The van der Waals surface area contributed by atoms with Gasteiger partial charge in [0.15, 0.2) is 0 Å². The highest BCUT2D eigenvalue weighted by molar-refractivity contribution is 5.27. The second-order valence-corrected chi connectivity index (χ2v) is 4.06. The zero-order chi connectivity index (χ0) is 11.1. The third-order valence-corrected chi connectivity index (χ3v) is 2.52. The summed E-state index contributed by atoms with van der Waals surface area (Å²) in [6.07, 6.45) is 3.31. The van der Waals surface area contributed by atoms with E-state index in [-0.39, 0.29) is 0 Å². The Morgan fingerprint density at radius 3 is 2.87 bits per heavy atom. The lowest BCUT2D eigenvalue weighted by Crippen LogP contribution is -2.27. The standard InChI is InChI=1S/C13H21NO/c1-3-9-14-11(2)7-8-12-5-4-6-13(15)10-12/h4-6,10-11,14-15H,3,7-9H2,1-2H3. The number of hydrogen-bond acceptors (Lipinski definition) is 2. The first-order chi connectivity index (χ1) is 7.22. The maximum Gasteiger partial charge on any atom is 0.115 e. The van der Waals surface area contributed by atoms with Crippen LogP contribution < -0.4 is 5.32 Å². The highest BCUT2D eigenvalue weighted by atomic mass is 16.3. The Morgan fingerprint density at radius 2 is 2.20 bits per heavy atom.